The van der Waals surface area contributed by atoms with Gasteiger partial charge in [-0.15, -0.1) is 0 Å². The molecule has 3 nitrogen and oxygen atoms in total. The molecule has 1 amide bonds. The van der Waals surface area contributed by atoms with Crippen molar-refractivity contribution in [3.8, 4) is 0 Å². The third-order valence-electron chi connectivity index (χ3n) is 2.00. The van der Waals surface area contributed by atoms with Crippen LogP contribution in [0.3, 0.4) is 0 Å². The van der Waals surface area contributed by atoms with E-state index in [-0.39, 0.29) is 11.9 Å². The van der Waals surface area contributed by atoms with E-state index in [1.165, 1.54) is 6.92 Å². The minimum absolute atomic E-state index is 0.00273. The van der Waals surface area contributed by atoms with Crippen molar-refractivity contribution in [3.05, 3.63) is 11.6 Å². The summed E-state index contributed by atoms with van der Waals surface area (Å²) in [6.07, 6.45) is 5.24. The van der Waals surface area contributed by atoms with Gasteiger partial charge in [-0.3, -0.25) is 9.59 Å². The fraction of sp³-hybridized carbons (Fsp3) is 0.556. The molecule has 3 heteroatoms. The normalized spacial score (nSPS) is 22.8. The molecule has 0 saturated carbocycles. The van der Waals surface area contributed by atoms with Crippen molar-refractivity contribution in [2.45, 2.75) is 32.2 Å². The second kappa shape index (κ2) is 4.04. The van der Waals surface area contributed by atoms with Crippen molar-refractivity contribution in [1.82, 2.24) is 5.32 Å². The van der Waals surface area contributed by atoms with Crippen LogP contribution in [-0.2, 0) is 9.59 Å². The number of nitrogens with one attached hydrogen (secondary N) is 1. The van der Waals surface area contributed by atoms with Crippen LogP contribution in [0.25, 0.3) is 0 Å². The first kappa shape index (κ1) is 8.97. The number of hydrogen-bond acceptors (Lipinski definition) is 2. The van der Waals surface area contributed by atoms with E-state index in [9.17, 15) is 9.59 Å². The van der Waals surface area contributed by atoms with Crippen molar-refractivity contribution < 1.29 is 9.59 Å². The maximum atomic E-state index is 10.7. The van der Waals surface area contributed by atoms with Gasteiger partial charge in [0.1, 0.15) is 6.29 Å². The molecule has 0 unspecified atom stereocenters. The van der Waals surface area contributed by atoms with Gasteiger partial charge in [0.05, 0.1) is 0 Å². The van der Waals surface area contributed by atoms with Crippen LogP contribution < -0.4 is 5.32 Å². The largest absolute Gasteiger partial charge is 0.353 e. The van der Waals surface area contributed by atoms with E-state index in [1.807, 2.05) is 6.08 Å². The molecule has 1 N–H and O–H groups in total. The second-order valence-corrected chi connectivity index (χ2v) is 3.07. The Kier molecular flexibility index (Phi) is 3.02. The molecule has 1 rings (SSSR count). The molecular weight excluding hydrogens is 154 g/mol. The average Bonchev–Trinajstić information content (AvgIpc) is 2.05. The molecule has 0 saturated heterocycles. The van der Waals surface area contributed by atoms with Gasteiger partial charge in [-0.25, -0.2) is 0 Å². The third kappa shape index (κ3) is 2.49. The summed E-state index contributed by atoms with van der Waals surface area (Å²) in [4.78, 5) is 21.0. The average molecular weight is 167 g/mol. The van der Waals surface area contributed by atoms with Crippen molar-refractivity contribution in [2.75, 3.05) is 0 Å². The minimum atomic E-state index is 0.00273. The van der Waals surface area contributed by atoms with Gasteiger partial charge in [-0.1, -0.05) is 6.08 Å². The lowest BCUT2D eigenvalue weighted by Crippen LogP contribution is -2.34. The standard InChI is InChI=1S/C9H13NO2/c1-7(12)10-9-4-2-8(6-11)3-5-9/h2,6,9H,3-5H2,1H3,(H,10,12)/t9-/m0/s1. The number of amides is 1. The Hall–Kier alpha value is -1.12. The molecule has 0 aliphatic heterocycles. The maximum Gasteiger partial charge on any atom is 0.217 e. The van der Waals surface area contributed by atoms with E-state index in [1.54, 1.807) is 0 Å². The van der Waals surface area contributed by atoms with E-state index in [0.717, 1.165) is 31.1 Å². The summed E-state index contributed by atoms with van der Waals surface area (Å²) in [6, 6.07) is 0.228. The summed E-state index contributed by atoms with van der Waals surface area (Å²) in [6.45, 7) is 1.51. The van der Waals surface area contributed by atoms with Gasteiger partial charge < -0.3 is 5.32 Å². The van der Waals surface area contributed by atoms with Gasteiger partial charge in [0.25, 0.3) is 0 Å². The molecule has 0 radical (unpaired) electrons. The van der Waals surface area contributed by atoms with E-state index in [2.05, 4.69) is 5.32 Å². The lowest BCUT2D eigenvalue weighted by Gasteiger charge is -2.20. The van der Waals surface area contributed by atoms with Crippen LogP contribution in [0.2, 0.25) is 0 Å². The Morgan fingerprint density at radius 1 is 1.75 bits per heavy atom. The smallest absolute Gasteiger partial charge is 0.217 e. The van der Waals surface area contributed by atoms with Gasteiger partial charge in [0, 0.05) is 13.0 Å². The fourth-order valence-electron chi connectivity index (χ4n) is 1.38. The van der Waals surface area contributed by atoms with E-state index >= 15 is 0 Å². The zero-order valence-corrected chi connectivity index (χ0v) is 7.17. The number of carbonyl (C=O) groups is 2. The summed E-state index contributed by atoms with van der Waals surface area (Å²) >= 11 is 0. The maximum absolute atomic E-state index is 10.7. The van der Waals surface area contributed by atoms with Crippen molar-refractivity contribution in [3.63, 3.8) is 0 Å². The zero-order chi connectivity index (χ0) is 8.97. The van der Waals surface area contributed by atoms with Crippen LogP contribution in [0.5, 0.6) is 0 Å². The van der Waals surface area contributed by atoms with E-state index in [4.69, 9.17) is 0 Å². The predicted molar refractivity (Wildman–Crippen MR) is 45.6 cm³/mol. The van der Waals surface area contributed by atoms with Crippen LogP contribution >= 0.6 is 0 Å². The van der Waals surface area contributed by atoms with Gasteiger partial charge >= 0.3 is 0 Å². The Bertz CT molecular complexity index is 221. The lowest BCUT2D eigenvalue weighted by molar-refractivity contribution is -0.119. The molecule has 0 bridgehead atoms. The van der Waals surface area contributed by atoms with Crippen LogP contribution in [0.1, 0.15) is 26.2 Å². The molecule has 0 aromatic heterocycles. The molecule has 0 aromatic carbocycles. The topological polar surface area (TPSA) is 46.2 Å². The summed E-state index contributed by atoms with van der Waals surface area (Å²) in [5.74, 6) is 0.00273. The van der Waals surface area contributed by atoms with Crippen molar-refractivity contribution in [1.29, 1.82) is 0 Å². The first-order valence-electron chi connectivity index (χ1n) is 4.13. The van der Waals surface area contributed by atoms with Crippen LogP contribution in [0.15, 0.2) is 11.6 Å². The highest BCUT2D eigenvalue weighted by Crippen LogP contribution is 2.16. The Morgan fingerprint density at radius 2 is 2.50 bits per heavy atom. The quantitative estimate of drug-likeness (QED) is 0.618. The summed E-state index contributed by atoms with van der Waals surface area (Å²) < 4.78 is 0. The fourth-order valence-corrected chi connectivity index (χ4v) is 1.38. The molecule has 12 heavy (non-hydrogen) atoms. The molecule has 0 heterocycles. The summed E-state index contributed by atoms with van der Waals surface area (Å²) in [5, 5.41) is 2.83. The van der Waals surface area contributed by atoms with Gasteiger partial charge in [0.15, 0.2) is 0 Å². The van der Waals surface area contributed by atoms with E-state index in [0.29, 0.717) is 0 Å². The molecule has 0 spiro atoms. The molecular formula is C9H13NO2. The summed E-state index contributed by atoms with van der Waals surface area (Å²) in [7, 11) is 0. The molecule has 1 aliphatic carbocycles. The van der Waals surface area contributed by atoms with Crippen LogP contribution in [0, 0.1) is 0 Å². The third-order valence-corrected chi connectivity index (χ3v) is 2.00. The highest BCUT2D eigenvalue weighted by molar-refractivity contribution is 5.74. The second-order valence-electron chi connectivity index (χ2n) is 3.07. The van der Waals surface area contributed by atoms with E-state index < -0.39 is 0 Å². The zero-order valence-electron chi connectivity index (χ0n) is 7.17. The number of carbonyl (C=O) groups excluding carboxylic acids is 2. The number of hydrogen-bond donors (Lipinski definition) is 1. The van der Waals surface area contributed by atoms with Crippen molar-refractivity contribution >= 4 is 12.2 Å². The molecule has 1 aliphatic rings. The van der Waals surface area contributed by atoms with Gasteiger partial charge in [-0.05, 0) is 24.8 Å². The first-order chi connectivity index (χ1) is 5.72. The predicted octanol–water partition coefficient (Wildman–Crippen LogP) is 0.800. The summed E-state index contributed by atoms with van der Waals surface area (Å²) in [5.41, 5.74) is 0.858. The Morgan fingerprint density at radius 3 is 2.92 bits per heavy atom. The molecule has 0 fully saturated rings. The number of aldehydes is 1. The number of allylic oxidation sites excluding steroid dienone is 1. The highest BCUT2D eigenvalue weighted by atomic mass is 16.1. The first-order valence-corrected chi connectivity index (χ1v) is 4.13. The minimum Gasteiger partial charge on any atom is -0.353 e. The molecule has 0 aromatic rings. The van der Waals surface area contributed by atoms with Gasteiger partial charge in [0.2, 0.25) is 5.91 Å². The Balaban J connectivity index is 2.40. The monoisotopic (exact) mass is 167 g/mol. The van der Waals surface area contributed by atoms with Crippen molar-refractivity contribution in [2.24, 2.45) is 0 Å². The van der Waals surface area contributed by atoms with Crippen LogP contribution in [-0.4, -0.2) is 18.2 Å². The SMILES string of the molecule is CC(=O)N[C@H]1CC=C(C=O)CC1. The molecule has 1 atom stereocenters. The lowest BCUT2D eigenvalue weighted by atomic mass is 9.96. The number of rotatable bonds is 2. The van der Waals surface area contributed by atoms with Crippen LogP contribution in [0.4, 0.5) is 0 Å². The highest BCUT2D eigenvalue weighted by Gasteiger charge is 2.13. The molecule has 66 valence electrons. The Labute approximate surface area is 71.8 Å². The van der Waals surface area contributed by atoms with Gasteiger partial charge in [-0.2, -0.15) is 0 Å².